The van der Waals surface area contributed by atoms with Gasteiger partial charge in [-0.1, -0.05) is 29.8 Å². The number of hydrogen-bond acceptors (Lipinski definition) is 2. The average Bonchev–Trinajstić information content (AvgIpc) is 2.77. The zero-order valence-electron chi connectivity index (χ0n) is 13.0. The van der Waals surface area contributed by atoms with Gasteiger partial charge in [0.05, 0.1) is 12.8 Å². The fourth-order valence-corrected chi connectivity index (χ4v) is 2.88. The molecule has 4 nitrogen and oxygen atoms in total. The highest BCUT2D eigenvalue weighted by atomic mass is 35.5. The van der Waals surface area contributed by atoms with Gasteiger partial charge in [0.1, 0.15) is 0 Å². The summed E-state index contributed by atoms with van der Waals surface area (Å²) in [5.41, 5.74) is 4.44. The van der Waals surface area contributed by atoms with E-state index in [1.165, 1.54) is 0 Å². The van der Waals surface area contributed by atoms with Crippen molar-refractivity contribution < 1.29 is 9.59 Å². The first-order chi connectivity index (χ1) is 10.9. The average molecular weight is 329 g/mol. The van der Waals surface area contributed by atoms with Crippen LogP contribution >= 0.6 is 11.6 Å². The lowest BCUT2D eigenvalue weighted by molar-refractivity contribution is -0.117. The molecule has 0 radical (unpaired) electrons. The number of carbonyl (C=O) groups excluding carboxylic acids is 2. The SMILES string of the molecule is Cc1ccc(NC(=O)Cc2ccc3c(c2)CC(=O)N3C)cc1Cl. The molecule has 2 aromatic rings. The van der Waals surface area contributed by atoms with Crippen molar-refractivity contribution in [2.75, 3.05) is 17.3 Å². The third kappa shape index (κ3) is 3.22. The van der Waals surface area contributed by atoms with Crippen molar-refractivity contribution in [2.24, 2.45) is 0 Å². The molecule has 0 unspecified atom stereocenters. The van der Waals surface area contributed by atoms with Crippen LogP contribution in [0.2, 0.25) is 5.02 Å². The third-order valence-electron chi connectivity index (χ3n) is 4.04. The van der Waals surface area contributed by atoms with Gasteiger partial charge in [-0.15, -0.1) is 0 Å². The summed E-state index contributed by atoms with van der Waals surface area (Å²) in [7, 11) is 1.77. The molecule has 3 rings (SSSR count). The van der Waals surface area contributed by atoms with Crippen molar-refractivity contribution in [1.29, 1.82) is 0 Å². The molecule has 1 N–H and O–H groups in total. The Hall–Kier alpha value is -2.33. The molecule has 1 aliphatic heterocycles. The van der Waals surface area contributed by atoms with E-state index in [0.29, 0.717) is 17.1 Å². The quantitative estimate of drug-likeness (QED) is 0.939. The van der Waals surface area contributed by atoms with Crippen molar-refractivity contribution in [2.45, 2.75) is 19.8 Å². The largest absolute Gasteiger partial charge is 0.326 e. The highest BCUT2D eigenvalue weighted by Crippen LogP contribution is 2.28. The Bertz CT molecular complexity index is 802. The Balaban J connectivity index is 1.70. The van der Waals surface area contributed by atoms with Crippen molar-refractivity contribution in [1.82, 2.24) is 0 Å². The molecule has 2 aromatic carbocycles. The number of anilines is 2. The van der Waals surface area contributed by atoms with E-state index in [1.54, 1.807) is 18.0 Å². The van der Waals surface area contributed by atoms with Gasteiger partial charge in [-0.2, -0.15) is 0 Å². The van der Waals surface area contributed by atoms with Crippen LogP contribution in [-0.2, 0) is 22.4 Å². The maximum Gasteiger partial charge on any atom is 0.231 e. The first-order valence-corrected chi connectivity index (χ1v) is 7.76. The van der Waals surface area contributed by atoms with Gasteiger partial charge in [-0.3, -0.25) is 9.59 Å². The van der Waals surface area contributed by atoms with Crippen molar-refractivity contribution in [3.63, 3.8) is 0 Å². The molecular formula is C18H17ClN2O2. The molecule has 1 heterocycles. The van der Waals surface area contributed by atoms with Crippen molar-refractivity contribution >= 4 is 34.8 Å². The summed E-state index contributed by atoms with van der Waals surface area (Å²) in [5.74, 6) is -0.0292. The summed E-state index contributed by atoms with van der Waals surface area (Å²) in [6, 6.07) is 11.1. The zero-order chi connectivity index (χ0) is 16.6. The summed E-state index contributed by atoms with van der Waals surface area (Å²) in [6.07, 6.45) is 0.658. The normalized spacial score (nSPS) is 13.2. The fraction of sp³-hybridized carbons (Fsp3) is 0.222. The van der Waals surface area contributed by atoms with E-state index in [1.807, 2.05) is 37.3 Å². The lowest BCUT2D eigenvalue weighted by Crippen LogP contribution is -2.20. The van der Waals surface area contributed by atoms with E-state index in [-0.39, 0.29) is 18.2 Å². The van der Waals surface area contributed by atoms with E-state index >= 15 is 0 Å². The van der Waals surface area contributed by atoms with Crippen molar-refractivity contribution in [3.8, 4) is 0 Å². The minimum atomic E-state index is -0.109. The minimum Gasteiger partial charge on any atom is -0.326 e. The highest BCUT2D eigenvalue weighted by Gasteiger charge is 2.24. The van der Waals surface area contributed by atoms with E-state index in [0.717, 1.165) is 22.4 Å². The number of amides is 2. The second-order valence-electron chi connectivity index (χ2n) is 5.78. The monoisotopic (exact) mass is 328 g/mol. The molecule has 0 fully saturated rings. The predicted octanol–water partition coefficient (Wildman–Crippen LogP) is 3.35. The van der Waals surface area contributed by atoms with Crippen LogP contribution in [0.3, 0.4) is 0 Å². The van der Waals surface area contributed by atoms with Crippen molar-refractivity contribution in [3.05, 3.63) is 58.1 Å². The van der Waals surface area contributed by atoms with Crippen LogP contribution < -0.4 is 10.2 Å². The van der Waals surface area contributed by atoms with Gasteiger partial charge in [0.25, 0.3) is 0 Å². The molecule has 0 aromatic heterocycles. The molecule has 2 amide bonds. The summed E-state index contributed by atoms with van der Waals surface area (Å²) in [4.78, 5) is 25.5. The van der Waals surface area contributed by atoms with Crippen LogP contribution in [0.4, 0.5) is 11.4 Å². The number of benzene rings is 2. The Morgan fingerprint density at radius 3 is 2.78 bits per heavy atom. The van der Waals surface area contributed by atoms with E-state index in [2.05, 4.69) is 5.32 Å². The first kappa shape index (κ1) is 15.6. The Morgan fingerprint density at radius 1 is 1.26 bits per heavy atom. The molecule has 118 valence electrons. The number of hydrogen-bond donors (Lipinski definition) is 1. The molecule has 23 heavy (non-hydrogen) atoms. The smallest absolute Gasteiger partial charge is 0.231 e. The number of likely N-dealkylation sites (N-methyl/N-ethyl adjacent to an activating group) is 1. The Kier molecular flexibility index (Phi) is 4.09. The molecule has 1 aliphatic rings. The minimum absolute atomic E-state index is 0.0795. The molecule has 0 spiro atoms. The maximum atomic E-state index is 12.2. The van der Waals surface area contributed by atoms with Crippen LogP contribution in [0, 0.1) is 6.92 Å². The topological polar surface area (TPSA) is 49.4 Å². The second-order valence-corrected chi connectivity index (χ2v) is 6.19. The van der Waals surface area contributed by atoms with Gasteiger partial charge in [0.15, 0.2) is 0 Å². The molecule has 0 saturated heterocycles. The Morgan fingerprint density at radius 2 is 2.04 bits per heavy atom. The zero-order valence-corrected chi connectivity index (χ0v) is 13.8. The van der Waals surface area contributed by atoms with Crippen LogP contribution in [0.1, 0.15) is 16.7 Å². The van der Waals surface area contributed by atoms with Gasteiger partial charge in [0.2, 0.25) is 11.8 Å². The fourth-order valence-electron chi connectivity index (χ4n) is 2.69. The van der Waals surface area contributed by atoms with Gasteiger partial charge < -0.3 is 10.2 Å². The highest BCUT2D eigenvalue weighted by molar-refractivity contribution is 6.31. The predicted molar refractivity (Wildman–Crippen MR) is 92.1 cm³/mol. The van der Waals surface area contributed by atoms with Crippen LogP contribution in [0.5, 0.6) is 0 Å². The summed E-state index contributed by atoms with van der Waals surface area (Å²) < 4.78 is 0. The number of rotatable bonds is 3. The first-order valence-electron chi connectivity index (χ1n) is 7.38. The standard InChI is InChI=1S/C18H17ClN2O2/c1-11-3-5-14(10-15(11)19)20-17(22)8-12-4-6-16-13(7-12)9-18(23)21(16)2/h3-7,10H,8-9H2,1-2H3,(H,20,22). The lowest BCUT2D eigenvalue weighted by atomic mass is 10.1. The van der Waals surface area contributed by atoms with Crippen LogP contribution in [0.15, 0.2) is 36.4 Å². The van der Waals surface area contributed by atoms with Crippen LogP contribution in [0.25, 0.3) is 0 Å². The van der Waals surface area contributed by atoms with Gasteiger partial charge in [-0.05, 0) is 41.8 Å². The molecule has 0 bridgehead atoms. The van der Waals surface area contributed by atoms with Gasteiger partial charge in [0, 0.05) is 23.4 Å². The number of fused-ring (bicyclic) bond motifs is 1. The van der Waals surface area contributed by atoms with Crippen LogP contribution in [-0.4, -0.2) is 18.9 Å². The summed E-state index contributed by atoms with van der Waals surface area (Å²) >= 11 is 6.06. The molecular weight excluding hydrogens is 312 g/mol. The molecule has 0 atom stereocenters. The number of carbonyl (C=O) groups is 2. The molecule has 5 heteroatoms. The third-order valence-corrected chi connectivity index (χ3v) is 4.45. The number of halogens is 1. The maximum absolute atomic E-state index is 12.2. The van der Waals surface area contributed by atoms with E-state index < -0.39 is 0 Å². The van der Waals surface area contributed by atoms with Gasteiger partial charge >= 0.3 is 0 Å². The second kappa shape index (κ2) is 6.05. The summed E-state index contributed by atoms with van der Waals surface area (Å²) in [5, 5.41) is 3.47. The van der Waals surface area contributed by atoms with E-state index in [9.17, 15) is 9.59 Å². The molecule has 0 aliphatic carbocycles. The van der Waals surface area contributed by atoms with Gasteiger partial charge in [-0.25, -0.2) is 0 Å². The number of aryl methyl sites for hydroxylation is 1. The van der Waals surface area contributed by atoms with E-state index in [4.69, 9.17) is 11.6 Å². The summed E-state index contributed by atoms with van der Waals surface area (Å²) in [6.45, 7) is 1.91. The molecule has 0 saturated carbocycles. The Labute approximate surface area is 140 Å². The lowest BCUT2D eigenvalue weighted by Gasteiger charge is -2.11. The number of nitrogens with one attached hydrogen (secondary N) is 1. The number of nitrogens with zero attached hydrogens (tertiary/aromatic N) is 1.